The van der Waals surface area contributed by atoms with Gasteiger partial charge in [-0.3, -0.25) is 9.78 Å². The lowest BCUT2D eigenvalue weighted by atomic mass is 9.77. The number of benzene rings is 1. The Kier molecular flexibility index (Phi) is 5.23. The molecule has 2 amide bonds. The molecule has 0 bridgehead atoms. The van der Waals surface area contributed by atoms with E-state index in [4.69, 9.17) is 0 Å². The zero-order chi connectivity index (χ0) is 22.3. The van der Waals surface area contributed by atoms with E-state index in [1.807, 2.05) is 5.32 Å². The quantitative estimate of drug-likeness (QED) is 0.512. The van der Waals surface area contributed by atoms with Crippen molar-refractivity contribution in [2.75, 3.05) is 0 Å². The van der Waals surface area contributed by atoms with E-state index in [-0.39, 0.29) is 5.56 Å². The van der Waals surface area contributed by atoms with Crippen molar-refractivity contribution >= 4 is 11.8 Å². The number of nitrogens with zero attached hydrogens (tertiary/aromatic N) is 1. The van der Waals surface area contributed by atoms with Crippen molar-refractivity contribution in [1.29, 1.82) is 0 Å². The molecule has 1 fully saturated rings. The van der Waals surface area contributed by atoms with E-state index in [1.54, 1.807) is 0 Å². The molecule has 3 rings (SSSR count). The second-order valence-electron chi connectivity index (χ2n) is 6.55. The number of rotatable bonds is 3. The molecule has 6 nitrogen and oxygen atoms in total. The molecule has 0 radical (unpaired) electrons. The number of Topliss-reactive ketones (excluding diaryl/α,β-unsaturated/α-hetero) is 1. The number of amides is 2. The van der Waals surface area contributed by atoms with Crippen molar-refractivity contribution in [3.8, 4) is 0 Å². The van der Waals surface area contributed by atoms with Crippen molar-refractivity contribution in [2.45, 2.75) is 24.1 Å². The highest BCUT2D eigenvalue weighted by Crippen LogP contribution is 2.44. The molecule has 3 N–H and O–H groups in total. The number of hydrogen-bond acceptors (Lipinski definition) is 4. The number of aliphatic hydroxyl groups is 1. The zero-order valence-electron chi connectivity index (χ0n) is 14.8. The average Bonchev–Trinajstić information content (AvgIpc) is 2.66. The maximum Gasteiger partial charge on any atom is 0.437 e. The van der Waals surface area contributed by atoms with Gasteiger partial charge in [0.15, 0.2) is 5.78 Å². The highest BCUT2D eigenvalue weighted by Gasteiger charge is 2.66. The second kappa shape index (κ2) is 7.27. The van der Waals surface area contributed by atoms with Gasteiger partial charge in [0.25, 0.3) is 0 Å². The van der Waals surface area contributed by atoms with Crippen molar-refractivity contribution in [3.05, 3.63) is 65.5 Å². The topological polar surface area (TPSA) is 91.3 Å². The number of urea groups is 1. The number of pyridine rings is 1. The van der Waals surface area contributed by atoms with Crippen LogP contribution in [0.25, 0.3) is 0 Å². The summed E-state index contributed by atoms with van der Waals surface area (Å²) in [5.41, 5.74) is -6.01. The maximum atomic E-state index is 13.7. The number of carbonyl (C=O) groups is 2. The lowest BCUT2D eigenvalue weighted by Crippen LogP contribution is -2.72. The lowest BCUT2D eigenvalue weighted by Gasteiger charge is -2.45. The fourth-order valence-electron chi connectivity index (χ4n) is 3.21. The fourth-order valence-corrected chi connectivity index (χ4v) is 3.21. The van der Waals surface area contributed by atoms with E-state index < -0.39 is 53.0 Å². The molecular formula is C18H13F6N3O3. The SMILES string of the molecule is O=C1N[C@H](c2cccc(C(F)(F)F)c2)[C@H](C(=O)c2cccnc2)[C@@](O)(C(F)(F)F)N1. The zero-order valence-corrected chi connectivity index (χ0v) is 14.8. The van der Waals surface area contributed by atoms with Crippen LogP contribution in [0.5, 0.6) is 0 Å². The van der Waals surface area contributed by atoms with Gasteiger partial charge in [0.05, 0.1) is 11.6 Å². The minimum atomic E-state index is -5.52. The molecule has 1 saturated heterocycles. The third-order valence-corrected chi connectivity index (χ3v) is 4.61. The molecule has 0 spiro atoms. The lowest BCUT2D eigenvalue weighted by molar-refractivity contribution is -0.287. The summed E-state index contributed by atoms with van der Waals surface area (Å²) < 4.78 is 80.4. The molecular weight excluding hydrogens is 420 g/mol. The molecule has 2 heterocycles. The average molecular weight is 433 g/mol. The number of aromatic nitrogens is 1. The van der Waals surface area contributed by atoms with Crippen LogP contribution in [0.4, 0.5) is 31.1 Å². The van der Waals surface area contributed by atoms with Gasteiger partial charge >= 0.3 is 18.4 Å². The van der Waals surface area contributed by atoms with Gasteiger partial charge in [0, 0.05) is 18.0 Å². The van der Waals surface area contributed by atoms with Crippen LogP contribution in [0, 0.1) is 5.92 Å². The summed E-state index contributed by atoms with van der Waals surface area (Å²) in [5, 5.41) is 13.7. The monoisotopic (exact) mass is 433 g/mol. The number of ketones is 1. The number of nitrogens with one attached hydrogen (secondary N) is 2. The Labute approximate surface area is 164 Å². The molecule has 2 aromatic rings. The second-order valence-corrected chi connectivity index (χ2v) is 6.55. The van der Waals surface area contributed by atoms with E-state index in [0.717, 1.165) is 24.4 Å². The van der Waals surface area contributed by atoms with Crippen LogP contribution in [0.1, 0.15) is 27.5 Å². The summed E-state index contributed by atoms with van der Waals surface area (Å²) in [7, 11) is 0. The molecule has 12 heteroatoms. The van der Waals surface area contributed by atoms with E-state index in [2.05, 4.69) is 4.98 Å². The van der Waals surface area contributed by atoms with Crippen molar-refractivity contribution in [1.82, 2.24) is 15.6 Å². The Bertz CT molecular complexity index is 964. The number of alkyl halides is 6. The number of halogens is 6. The molecule has 0 aliphatic carbocycles. The van der Waals surface area contributed by atoms with Gasteiger partial charge in [0.1, 0.15) is 5.92 Å². The Morgan fingerprint density at radius 1 is 1.10 bits per heavy atom. The van der Waals surface area contributed by atoms with Gasteiger partial charge in [-0.2, -0.15) is 26.3 Å². The first-order chi connectivity index (χ1) is 13.8. The van der Waals surface area contributed by atoms with Gasteiger partial charge in [-0.1, -0.05) is 12.1 Å². The first kappa shape index (κ1) is 21.6. The van der Waals surface area contributed by atoms with Crippen molar-refractivity contribution in [3.63, 3.8) is 0 Å². The van der Waals surface area contributed by atoms with Gasteiger partial charge in [-0.25, -0.2) is 4.79 Å². The Morgan fingerprint density at radius 3 is 2.37 bits per heavy atom. The van der Waals surface area contributed by atoms with Gasteiger partial charge in [-0.15, -0.1) is 0 Å². The van der Waals surface area contributed by atoms with Gasteiger partial charge in [-0.05, 0) is 29.8 Å². The third kappa shape index (κ3) is 3.82. The van der Waals surface area contributed by atoms with E-state index >= 15 is 0 Å². The molecule has 0 saturated carbocycles. The van der Waals surface area contributed by atoms with Crippen LogP contribution < -0.4 is 10.6 Å². The summed E-state index contributed by atoms with van der Waals surface area (Å²) in [6.45, 7) is 0. The molecule has 1 aliphatic rings. The van der Waals surface area contributed by atoms with Gasteiger partial charge in [0.2, 0.25) is 5.72 Å². The largest absolute Gasteiger partial charge is 0.437 e. The van der Waals surface area contributed by atoms with Crippen molar-refractivity contribution in [2.24, 2.45) is 5.92 Å². The van der Waals surface area contributed by atoms with Crippen LogP contribution in [-0.4, -0.2) is 33.8 Å². The summed E-state index contributed by atoms with van der Waals surface area (Å²) in [5.74, 6) is -3.72. The first-order valence-corrected chi connectivity index (χ1v) is 8.34. The predicted octanol–water partition coefficient (Wildman–Crippen LogP) is 3.20. The molecule has 1 aromatic heterocycles. The molecule has 1 aromatic carbocycles. The highest BCUT2D eigenvalue weighted by molar-refractivity contribution is 6.00. The molecule has 160 valence electrons. The van der Waals surface area contributed by atoms with E-state index in [0.29, 0.717) is 12.1 Å². The van der Waals surface area contributed by atoms with Gasteiger partial charge < -0.3 is 15.7 Å². The van der Waals surface area contributed by atoms with E-state index in [9.17, 15) is 41.0 Å². The smallest absolute Gasteiger partial charge is 0.363 e. The summed E-state index contributed by atoms with van der Waals surface area (Å²) in [6, 6.07) is 2.10. The van der Waals surface area contributed by atoms with Crippen LogP contribution in [0.2, 0.25) is 0 Å². The summed E-state index contributed by atoms with van der Waals surface area (Å²) >= 11 is 0. The van der Waals surface area contributed by atoms with E-state index in [1.165, 1.54) is 17.6 Å². The Balaban J connectivity index is 2.18. The van der Waals surface area contributed by atoms with Crippen molar-refractivity contribution < 1.29 is 41.0 Å². The number of hydrogen-bond donors (Lipinski definition) is 3. The normalized spacial score (nSPS) is 24.7. The first-order valence-electron chi connectivity index (χ1n) is 8.34. The Hall–Kier alpha value is -3.15. The Morgan fingerprint density at radius 2 is 1.80 bits per heavy atom. The fraction of sp³-hybridized carbons (Fsp3) is 0.278. The van der Waals surface area contributed by atoms with Crippen LogP contribution in [-0.2, 0) is 6.18 Å². The molecule has 0 unspecified atom stereocenters. The summed E-state index contributed by atoms with van der Waals surface area (Å²) in [6.07, 6.45) is -8.15. The standard InChI is InChI=1S/C18H13F6N3O3/c19-17(20,21)11-5-1-3-9(7-11)13-12(14(28)10-4-2-6-25-8-10)16(30,18(22,23)24)27-15(29)26-13/h1-8,12-13,30H,(H2,26,27,29)/t12-,13-,16-/m1/s1. The minimum Gasteiger partial charge on any atom is -0.363 e. The van der Waals surface area contributed by atoms with Crippen LogP contribution >= 0.6 is 0 Å². The molecule has 3 atom stereocenters. The van der Waals surface area contributed by atoms with Crippen LogP contribution in [0.3, 0.4) is 0 Å². The highest BCUT2D eigenvalue weighted by atomic mass is 19.4. The van der Waals surface area contributed by atoms with Crippen LogP contribution in [0.15, 0.2) is 48.8 Å². The minimum absolute atomic E-state index is 0.333. The molecule has 1 aliphatic heterocycles. The third-order valence-electron chi connectivity index (χ3n) is 4.61. The predicted molar refractivity (Wildman–Crippen MR) is 88.9 cm³/mol. The summed E-state index contributed by atoms with van der Waals surface area (Å²) in [4.78, 5) is 28.4. The molecule has 30 heavy (non-hydrogen) atoms. The maximum absolute atomic E-state index is 13.7. The number of carbonyl (C=O) groups excluding carboxylic acids is 2.